The van der Waals surface area contributed by atoms with Crippen LogP contribution in [-0.2, 0) is 4.74 Å². The number of fused-ring (bicyclic) bond motifs is 1. The molecule has 2 aromatic carbocycles. The molecule has 36 heavy (non-hydrogen) atoms. The van der Waals surface area contributed by atoms with Gasteiger partial charge in [0.15, 0.2) is 0 Å². The quantitative estimate of drug-likeness (QED) is 0.333. The number of aromatic nitrogens is 2. The third-order valence-corrected chi connectivity index (χ3v) is 6.66. The van der Waals surface area contributed by atoms with E-state index in [1.807, 2.05) is 0 Å². The van der Waals surface area contributed by atoms with Gasteiger partial charge in [0.05, 0.1) is 28.2 Å². The number of hydrogen-bond donors (Lipinski definition) is 1. The van der Waals surface area contributed by atoms with Gasteiger partial charge in [-0.05, 0) is 73.9 Å². The Morgan fingerprint density at radius 3 is 2.53 bits per heavy atom. The van der Waals surface area contributed by atoms with E-state index in [0.29, 0.717) is 23.1 Å². The molecule has 1 saturated carbocycles. The smallest absolute Gasteiger partial charge is 0.462 e. The SMILES string of the molecule is CCOC(=O)c1cc2nc(Nc3ccc(OC(F)(F)F)cc3)n([C@H]3C[C@@H](C)CC(C)(C)C3)c2cc1Cl. The van der Waals surface area contributed by atoms with Crippen molar-refractivity contribution in [1.82, 2.24) is 9.55 Å². The van der Waals surface area contributed by atoms with E-state index >= 15 is 0 Å². The zero-order chi connectivity index (χ0) is 26.3. The Kier molecular flexibility index (Phi) is 7.14. The van der Waals surface area contributed by atoms with Gasteiger partial charge >= 0.3 is 12.3 Å². The van der Waals surface area contributed by atoms with Crippen LogP contribution in [0.25, 0.3) is 11.0 Å². The molecular formula is C26H29ClF3N3O3. The highest BCUT2D eigenvalue weighted by Gasteiger charge is 2.35. The molecule has 1 aromatic heterocycles. The predicted molar refractivity (Wildman–Crippen MR) is 133 cm³/mol. The van der Waals surface area contributed by atoms with Gasteiger partial charge in [0.2, 0.25) is 5.95 Å². The lowest BCUT2D eigenvalue weighted by atomic mass is 9.70. The highest BCUT2D eigenvalue weighted by atomic mass is 35.5. The minimum Gasteiger partial charge on any atom is -0.462 e. The first-order chi connectivity index (χ1) is 16.8. The number of alkyl halides is 3. The lowest BCUT2D eigenvalue weighted by Crippen LogP contribution is -2.29. The van der Waals surface area contributed by atoms with Crippen LogP contribution in [0.2, 0.25) is 5.02 Å². The fraction of sp³-hybridized carbons (Fsp3) is 0.462. The molecule has 194 valence electrons. The summed E-state index contributed by atoms with van der Waals surface area (Å²) in [7, 11) is 0. The number of rotatable bonds is 6. The molecule has 1 fully saturated rings. The van der Waals surface area contributed by atoms with E-state index in [0.717, 1.165) is 24.8 Å². The molecule has 0 bridgehead atoms. The number of nitrogens with one attached hydrogen (secondary N) is 1. The molecule has 0 radical (unpaired) electrons. The van der Waals surface area contributed by atoms with E-state index < -0.39 is 12.3 Å². The Morgan fingerprint density at radius 2 is 1.92 bits per heavy atom. The molecule has 1 heterocycles. The van der Waals surface area contributed by atoms with Crippen LogP contribution in [0.4, 0.5) is 24.8 Å². The summed E-state index contributed by atoms with van der Waals surface area (Å²) in [4.78, 5) is 17.2. The van der Waals surface area contributed by atoms with Gasteiger partial charge < -0.3 is 19.4 Å². The molecular weight excluding hydrogens is 495 g/mol. The van der Waals surface area contributed by atoms with Crippen molar-refractivity contribution in [3.05, 3.63) is 47.0 Å². The molecule has 10 heteroatoms. The van der Waals surface area contributed by atoms with Crippen molar-refractivity contribution in [2.45, 2.75) is 59.4 Å². The van der Waals surface area contributed by atoms with Crippen LogP contribution in [0.1, 0.15) is 63.4 Å². The number of ether oxygens (including phenoxy) is 2. The van der Waals surface area contributed by atoms with E-state index in [2.05, 4.69) is 35.4 Å². The molecule has 1 aliphatic rings. The molecule has 0 unspecified atom stereocenters. The maximum atomic E-state index is 12.5. The molecule has 0 spiro atoms. The molecule has 0 saturated heterocycles. The van der Waals surface area contributed by atoms with Gasteiger partial charge in [-0.2, -0.15) is 0 Å². The van der Waals surface area contributed by atoms with Crippen molar-refractivity contribution in [2.24, 2.45) is 11.3 Å². The van der Waals surface area contributed by atoms with Crippen LogP contribution in [0, 0.1) is 11.3 Å². The summed E-state index contributed by atoms with van der Waals surface area (Å²) in [5.74, 6) is 0.162. The highest BCUT2D eigenvalue weighted by Crippen LogP contribution is 2.46. The average Bonchev–Trinajstić information content (AvgIpc) is 3.08. The van der Waals surface area contributed by atoms with Gasteiger partial charge in [0, 0.05) is 11.7 Å². The summed E-state index contributed by atoms with van der Waals surface area (Å²) in [6.07, 6.45) is -1.82. The number of carbonyl (C=O) groups is 1. The van der Waals surface area contributed by atoms with Gasteiger partial charge in [-0.25, -0.2) is 9.78 Å². The second kappa shape index (κ2) is 9.84. The molecule has 1 N–H and O–H groups in total. The third-order valence-electron chi connectivity index (χ3n) is 6.35. The number of esters is 1. The second-order valence-corrected chi connectivity index (χ2v) is 10.5. The second-order valence-electron chi connectivity index (χ2n) is 10.1. The van der Waals surface area contributed by atoms with Crippen LogP contribution in [0.5, 0.6) is 5.75 Å². The van der Waals surface area contributed by atoms with Crippen LogP contribution >= 0.6 is 11.6 Å². The first-order valence-electron chi connectivity index (χ1n) is 11.9. The number of carbonyl (C=O) groups excluding carboxylic acids is 1. The zero-order valence-electron chi connectivity index (χ0n) is 20.6. The summed E-state index contributed by atoms with van der Waals surface area (Å²) in [5.41, 5.74) is 2.22. The number of anilines is 2. The van der Waals surface area contributed by atoms with Gasteiger partial charge in [0.25, 0.3) is 0 Å². The largest absolute Gasteiger partial charge is 0.573 e. The van der Waals surface area contributed by atoms with Crippen molar-refractivity contribution in [3.8, 4) is 5.75 Å². The molecule has 0 aliphatic heterocycles. The summed E-state index contributed by atoms with van der Waals surface area (Å²) in [6.45, 7) is 8.65. The molecule has 3 aromatic rings. The van der Waals surface area contributed by atoms with Gasteiger partial charge in [-0.1, -0.05) is 32.4 Å². The number of benzene rings is 2. The summed E-state index contributed by atoms with van der Waals surface area (Å²) < 4.78 is 48.8. The van der Waals surface area contributed by atoms with Crippen LogP contribution in [0.3, 0.4) is 0 Å². The Morgan fingerprint density at radius 1 is 1.22 bits per heavy atom. The summed E-state index contributed by atoms with van der Waals surface area (Å²) in [5, 5.41) is 3.51. The minimum absolute atomic E-state index is 0.105. The van der Waals surface area contributed by atoms with E-state index in [4.69, 9.17) is 21.3 Å². The lowest BCUT2D eigenvalue weighted by Gasteiger charge is -2.40. The number of halogens is 4. The van der Waals surface area contributed by atoms with E-state index in [1.54, 1.807) is 19.1 Å². The fourth-order valence-corrected chi connectivity index (χ4v) is 5.54. The normalized spacial score (nSPS) is 19.8. The van der Waals surface area contributed by atoms with Crippen molar-refractivity contribution in [3.63, 3.8) is 0 Å². The maximum absolute atomic E-state index is 12.5. The summed E-state index contributed by atoms with van der Waals surface area (Å²) >= 11 is 6.50. The van der Waals surface area contributed by atoms with Crippen molar-refractivity contribution < 1.29 is 27.4 Å². The monoisotopic (exact) mass is 523 g/mol. The maximum Gasteiger partial charge on any atom is 0.573 e. The Balaban J connectivity index is 1.77. The topological polar surface area (TPSA) is 65.4 Å². The van der Waals surface area contributed by atoms with Crippen molar-refractivity contribution >= 4 is 40.2 Å². The third kappa shape index (κ3) is 5.88. The average molecular weight is 524 g/mol. The predicted octanol–water partition coefficient (Wildman–Crippen LogP) is 7.90. The molecule has 0 amide bonds. The lowest BCUT2D eigenvalue weighted by molar-refractivity contribution is -0.274. The first kappa shape index (κ1) is 26.1. The van der Waals surface area contributed by atoms with Crippen molar-refractivity contribution in [1.29, 1.82) is 0 Å². The summed E-state index contributed by atoms with van der Waals surface area (Å²) in [6, 6.07) is 8.93. The molecule has 2 atom stereocenters. The molecule has 6 nitrogen and oxygen atoms in total. The van der Waals surface area contributed by atoms with Gasteiger partial charge in [0.1, 0.15) is 5.75 Å². The van der Waals surface area contributed by atoms with E-state index in [1.165, 1.54) is 24.3 Å². The Labute approximate surface area is 212 Å². The van der Waals surface area contributed by atoms with Gasteiger partial charge in [-0.3, -0.25) is 0 Å². The van der Waals surface area contributed by atoms with Crippen LogP contribution in [-0.4, -0.2) is 28.5 Å². The highest BCUT2D eigenvalue weighted by molar-refractivity contribution is 6.34. The van der Waals surface area contributed by atoms with Crippen molar-refractivity contribution in [2.75, 3.05) is 11.9 Å². The van der Waals surface area contributed by atoms with E-state index in [9.17, 15) is 18.0 Å². The standard InChI is InChI=1S/C26H29ClF3N3O3/c1-5-35-23(34)19-11-21-22(12-20(19)27)33(17-10-15(2)13-25(3,4)14-17)24(32-21)31-16-6-8-18(9-7-16)36-26(28,29)30/h6-9,11-12,15,17H,5,10,13-14H2,1-4H3,(H,31,32)/t15-,17+/m1/s1. The number of imidazole rings is 1. The van der Waals surface area contributed by atoms with Gasteiger partial charge in [-0.15, -0.1) is 13.2 Å². The fourth-order valence-electron chi connectivity index (χ4n) is 5.30. The van der Waals surface area contributed by atoms with E-state index in [-0.39, 0.29) is 34.4 Å². The number of hydrogen-bond acceptors (Lipinski definition) is 5. The number of nitrogens with zero attached hydrogens (tertiary/aromatic N) is 2. The minimum atomic E-state index is -4.76. The first-order valence-corrected chi connectivity index (χ1v) is 12.2. The Bertz CT molecular complexity index is 1260. The van der Waals surface area contributed by atoms with Crippen LogP contribution in [0.15, 0.2) is 36.4 Å². The zero-order valence-corrected chi connectivity index (χ0v) is 21.3. The van der Waals surface area contributed by atoms with Crippen LogP contribution < -0.4 is 10.1 Å². The Hall–Kier alpha value is -2.94. The molecule has 1 aliphatic carbocycles. The molecule has 4 rings (SSSR count).